The number of carboxylic acid groups (broad SMARTS) is 1. The molecular formula is C14H20O4. The van der Waals surface area contributed by atoms with Crippen LogP contribution in [0, 0.1) is 20.8 Å². The van der Waals surface area contributed by atoms with Gasteiger partial charge in [0.1, 0.15) is 11.2 Å². The lowest BCUT2D eigenvalue weighted by Crippen LogP contribution is -2.38. The number of carboxylic acids is 1. The Morgan fingerprint density at radius 1 is 1.33 bits per heavy atom. The normalized spacial score (nSPS) is 14.1. The fraction of sp³-hybridized carbons (Fsp3) is 0.500. The molecule has 0 aliphatic heterocycles. The molecule has 1 rings (SSSR count). The molecule has 0 amide bonds. The van der Waals surface area contributed by atoms with Crippen LogP contribution in [-0.4, -0.2) is 29.9 Å². The highest BCUT2D eigenvalue weighted by Gasteiger charge is 2.37. The zero-order valence-corrected chi connectivity index (χ0v) is 11.5. The third-order valence-electron chi connectivity index (χ3n) is 3.61. The van der Waals surface area contributed by atoms with E-state index in [1.165, 1.54) is 6.92 Å². The molecule has 0 radical (unpaired) electrons. The van der Waals surface area contributed by atoms with E-state index in [4.69, 9.17) is 4.74 Å². The molecule has 0 saturated carbocycles. The maximum absolute atomic E-state index is 11.4. The molecule has 0 aliphatic carbocycles. The van der Waals surface area contributed by atoms with Crippen molar-refractivity contribution in [2.45, 2.75) is 33.1 Å². The molecule has 0 heterocycles. The van der Waals surface area contributed by atoms with Gasteiger partial charge in [0.25, 0.3) is 0 Å². The molecule has 0 aliphatic rings. The summed E-state index contributed by atoms with van der Waals surface area (Å²) in [7, 11) is 1.59. The van der Waals surface area contributed by atoms with E-state index in [0.717, 1.165) is 22.4 Å². The van der Waals surface area contributed by atoms with Crippen LogP contribution >= 0.6 is 0 Å². The number of aliphatic carboxylic acids is 1. The van der Waals surface area contributed by atoms with Gasteiger partial charge in [-0.1, -0.05) is 0 Å². The number of ether oxygens (including phenoxy) is 1. The standard InChI is InChI=1S/C14H20O4/c1-8-6-11(18-5)9(2)10(3)12(8)14(4,7-15)13(16)17/h6,15H,7H2,1-5H3,(H,16,17). The molecule has 1 atom stereocenters. The van der Waals surface area contributed by atoms with E-state index in [1.807, 2.05) is 26.8 Å². The molecule has 1 aromatic carbocycles. The molecule has 4 nitrogen and oxygen atoms in total. The molecule has 0 aromatic heterocycles. The number of methoxy groups -OCH3 is 1. The van der Waals surface area contributed by atoms with Crippen LogP contribution in [-0.2, 0) is 10.2 Å². The lowest BCUT2D eigenvalue weighted by atomic mass is 9.77. The van der Waals surface area contributed by atoms with E-state index < -0.39 is 18.0 Å². The van der Waals surface area contributed by atoms with Crippen LogP contribution in [0.4, 0.5) is 0 Å². The van der Waals surface area contributed by atoms with Crippen molar-refractivity contribution in [1.29, 1.82) is 0 Å². The summed E-state index contributed by atoms with van der Waals surface area (Å²) >= 11 is 0. The van der Waals surface area contributed by atoms with Crippen LogP contribution in [0.15, 0.2) is 6.07 Å². The highest BCUT2D eigenvalue weighted by Crippen LogP contribution is 2.35. The zero-order chi connectivity index (χ0) is 14.1. The van der Waals surface area contributed by atoms with Gasteiger partial charge in [-0.25, -0.2) is 0 Å². The van der Waals surface area contributed by atoms with E-state index in [9.17, 15) is 15.0 Å². The largest absolute Gasteiger partial charge is 0.496 e. The zero-order valence-electron chi connectivity index (χ0n) is 11.5. The Hall–Kier alpha value is -1.55. The van der Waals surface area contributed by atoms with Gasteiger partial charge in [-0.15, -0.1) is 0 Å². The topological polar surface area (TPSA) is 66.8 Å². The average molecular weight is 252 g/mol. The minimum atomic E-state index is -1.29. The Balaban J connectivity index is 3.60. The monoisotopic (exact) mass is 252 g/mol. The van der Waals surface area contributed by atoms with Crippen molar-refractivity contribution in [3.8, 4) is 5.75 Å². The number of benzene rings is 1. The number of aliphatic hydroxyl groups excluding tert-OH is 1. The average Bonchev–Trinajstić information content (AvgIpc) is 2.33. The molecule has 100 valence electrons. The predicted molar refractivity (Wildman–Crippen MR) is 69.3 cm³/mol. The number of carbonyl (C=O) groups is 1. The third-order valence-corrected chi connectivity index (χ3v) is 3.61. The molecule has 0 bridgehead atoms. The first-order chi connectivity index (χ1) is 8.29. The number of hydrogen-bond donors (Lipinski definition) is 2. The summed E-state index contributed by atoms with van der Waals surface area (Å²) in [5.41, 5.74) is 1.94. The van der Waals surface area contributed by atoms with Crippen LogP contribution < -0.4 is 4.74 Å². The summed E-state index contributed by atoms with van der Waals surface area (Å²) in [5.74, 6) is -0.291. The van der Waals surface area contributed by atoms with E-state index in [0.29, 0.717) is 5.56 Å². The van der Waals surface area contributed by atoms with Gasteiger partial charge < -0.3 is 14.9 Å². The first-order valence-electron chi connectivity index (χ1n) is 5.79. The molecular weight excluding hydrogens is 232 g/mol. The third kappa shape index (κ3) is 2.08. The van der Waals surface area contributed by atoms with Gasteiger partial charge in [0.2, 0.25) is 0 Å². The van der Waals surface area contributed by atoms with E-state index in [-0.39, 0.29) is 0 Å². The van der Waals surface area contributed by atoms with E-state index >= 15 is 0 Å². The van der Waals surface area contributed by atoms with Crippen molar-refractivity contribution in [2.75, 3.05) is 13.7 Å². The Bertz CT molecular complexity index is 479. The Morgan fingerprint density at radius 3 is 2.28 bits per heavy atom. The van der Waals surface area contributed by atoms with Gasteiger partial charge in [-0.3, -0.25) is 4.79 Å². The SMILES string of the molecule is COc1cc(C)c(C(C)(CO)C(=O)O)c(C)c1C. The Morgan fingerprint density at radius 2 is 1.89 bits per heavy atom. The molecule has 0 saturated heterocycles. The summed E-state index contributed by atoms with van der Waals surface area (Å²) in [6, 6.07) is 1.81. The maximum Gasteiger partial charge on any atom is 0.316 e. The van der Waals surface area contributed by atoms with Gasteiger partial charge in [-0.05, 0) is 56.0 Å². The second-order valence-electron chi connectivity index (χ2n) is 4.82. The Kier molecular flexibility index (Phi) is 4.02. The minimum absolute atomic E-state index is 0.435. The lowest BCUT2D eigenvalue weighted by Gasteiger charge is -2.28. The first kappa shape index (κ1) is 14.5. The number of rotatable bonds is 4. The molecule has 1 aromatic rings. The van der Waals surface area contributed by atoms with Gasteiger partial charge in [-0.2, -0.15) is 0 Å². The van der Waals surface area contributed by atoms with Crippen molar-refractivity contribution in [2.24, 2.45) is 0 Å². The maximum atomic E-state index is 11.4. The van der Waals surface area contributed by atoms with Crippen molar-refractivity contribution in [1.82, 2.24) is 0 Å². The number of aryl methyl sites for hydroxylation is 1. The van der Waals surface area contributed by atoms with Gasteiger partial charge in [0.15, 0.2) is 0 Å². The Labute approximate surface area is 107 Å². The molecule has 18 heavy (non-hydrogen) atoms. The molecule has 4 heteroatoms. The van der Waals surface area contributed by atoms with Crippen molar-refractivity contribution in [3.63, 3.8) is 0 Å². The summed E-state index contributed by atoms with van der Waals surface area (Å²) in [4.78, 5) is 11.4. The summed E-state index contributed by atoms with van der Waals surface area (Å²) in [6.07, 6.45) is 0. The second kappa shape index (κ2) is 4.98. The number of hydrogen-bond acceptors (Lipinski definition) is 3. The van der Waals surface area contributed by atoms with E-state index in [1.54, 1.807) is 7.11 Å². The first-order valence-corrected chi connectivity index (χ1v) is 5.79. The summed E-state index contributed by atoms with van der Waals surface area (Å²) in [6.45, 7) is 6.68. The highest BCUT2D eigenvalue weighted by atomic mass is 16.5. The summed E-state index contributed by atoms with van der Waals surface area (Å²) < 4.78 is 5.26. The smallest absolute Gasteiger partial charge is 0.316 e. The van der Waals surface area contributed by atoms with Crippen LogP contribution in [0.5, 0.6) is 5.75 Å². The van der Waals surface area contributed by atoms with Gasteiger partial charge in [0.05, 0.1) is 13.7 Å². The van der Waals surface area contributed by atoms with Crippen molar-refractivity contribution >= 4 is 5.97 Å². The van der Waals surface area contributed by atoms with Gasteiger partial charge in [0, 0.05) is 0 Å². The molecule has 0 fully saturated rings. The molecule has 1 unspecified atom stereocenters. The molecule has 2 N–H and O–H groups in total. The van der Waals surface area contributed by atoms with Crippen molar-refractivity contribution < 1.29 is 19.7 Å². The second-order valence-corrected chi connectivity index (χ2v) is 4.82. The van der Waals surface area contributed by atoms with Crippen LogP contribution in [0.3, 0.4) is 0 Å². The van der Waals surface area contributed by atoms with Crippen LogP contribution in [0.1, 0.15) is 29.2 Å². The van der Waals surface area contributed by atoms with Crippen LogP contribution in [0.25, 0.3) is 0 Å². The van der Waals surface area contributed by atoms with Gasteiger partial charge >= 0.3 is 5.97 Å². The lowest BCUT2D eigenvalue weighted by molar-refractivity contribution is -0.144. The van der Waals surface area contributed by atoms with Crippen LogP contribution in [0.2, 0.25) is 0 Å². The van der Waals surface area contributed by atoms with E-state index in [2.05, 4.69) is 0 Å². The van der Waals surface area contributed by atoms with Crippen molar-refractivity contribution in [3.05, 3.63) is 28.3 Å². The quantitative estimate of drug-likeness (QED) is 0.859. The predicted octanol–water partition coefficient (Wildman–Crippen LogP) is 1.96. The highest BCUT2D eigenvalue weighted by molar-refractivity contribution is 5.82. The number of aliphatic hydroxyl groups is 1. The molecule has 0 spiro atoms. The fourth-order valence-electron chi connectivity index (χ4n) is 2.36. The summed E-state index contributed by atoms with van der Waals surface area (Å²) in [5, 5.41) is 18.8. The minimum Gasteiger partial charge on any atom is -0.496 e. The fourth-order valence-corrected chi connectivity index (χ4v) is 2.36.